The lowest BCUT2D eigenvalue weighted by Gasteiger charge is -2.12. The number of aromatic nitrogens is 2. The molecule has 0 spiro atoms. The molecule has 1 aromatic heterocycles. The molecule has 0 unspecified atom stereocenters. The van der Waals surface area contributed by atoms with Crippen LogP contribution in [0.4, 0.5) is 0 Å². The van der Waals surface area contributed by atoms with E-state index in [9.17, 15) is 0 Å². The van der Waals surface area contributed by atoms with E-state index in [1.165, 1.54) is 5.56 Å². The first-order chi connectivity index (χ1) is 8.66. The molecule has 2 aromatic rings. The molecule has 0 saturated heterocycles. The Balaban J connectivity index is 2.19. The fourth-order valence-electron chi connectivity index (χ4n) is 1.81. The van der Waals surface area contributed by atoms with E-state index >= 15 is 0 Å². The number of benzene rings is 1. The highest BCUT2D eigenvalue weighted by atomic mass is 79.9. The van der Waals surface area contributed by atoms with Gasteiger partial charge in [0.15, 0.2) is 0 Å². The van der Waals surface area contributed by atoms with Crippen molar-refractivity contribution in [2.75, 3.05) is 6.54 Å². The maximum absolute atomic E-state index is 4.30. The third kappa shape index (κ3) is 3.43. The van der Waals surface area contributed by atoms with Crippen LogP contribution in [0.2, 0.25) is 0 Å². The SMILES string of the molecule is CC(C)CNCc1ccc(Br)cc1-n1cccn1. The van der Waals surface area contributed by atoms with Gasteiger partial charge in [0.2, 0.25) is 0 Å². The van der Waals surface area contributed by atoms with Crippen LogP contribution in [0.3, 0.4) is 0 Å². The maximum Gasteiger partial charge on any atom is 0.0701 e. The van der Waals surface area contributed by atoms with E-state index in [1.54, 1.807) is 6.20 Å². The van der Waals surface area contributed by atoms with E-state index in [0.717, 1.165) is 23.2 Å². The summed E-state index contributed by atoms with van der Waals surface area (Å²) in [4.78, 5) is 0. The summed E-state index contributed by atoms with van der Waals surface area (Å²) in [6, 6.07) is 8.24. The lowest BCUT2D eigenvalue weighted by atomic mass is 10.1. The Morgan fingerprint density at radius 1 is 1.39 bits per heavy atom. The van der Waals surface area contributed by atoms with Crippen molar-refractivity contribution in [3.05, 3.63) is 46.7 Å². The van der Waals surface area contributed by atoms with Crippen molar-refractivity contribution in [2.24, 2.45) is 5.92 Å². The van der Waals surface area contributed by atoms with Crippen LogP contribution in [0.5, 0.6) is 0 Å². The first-order valence-corrected chi connectivity index (χ1v) is 6.95. The molecule has 96 valence electrons. The third-order valence-corrected chi connectivity index (χ3v) is 3.16. The molecule has 3 nitrogen and oxygen atoms in total. The molecule has 0 amide bonds. The van der Waals surface area contributed by atoms with Crippen LogP contribution in [0.25, 0.3) is 5.69 Å². The van der Waals surface area contributed by atoms with Crippen molar-refractivity contribution in [1.29, 1.82) is 0 Å². The second kappa shape index (κ2) is 6.16. The average Bonchev–Trinajstić information content (AvgIpc) is 2.84. The topological polar surface area (TPSA) is 29.9 Å². The van der Waals surface area contributed by atoms with Gasteiger partial charge in [0, 0.05) is 23.4 Å². The van der Waals surface area contributed by atoms with Gasteiger partial charge in [-0.25, -0.2) is 4.68 Å². The van der Waals surface area contributed by atoms with Gasteiger partial charge in [-0.15, -0.1) is 0 Å². The number of nitrogens with one attached hydrogen (secondary N) is 1. The Labute approximate surface area is 116 Å². The van der Waals surface area contributed by atoms with E-state index in [1.807, 2.05) is 16.9 Å². The molecule has 1 aromatic carbocycles. The molecule has 0 bridgehead atoms. The Morgan fingerprint density at radius 2 is 2.22 bits per heavy atom. The smallest absolute Gasteiger partial charge is 0.0701 e. The number of rotatable bonds is 5. The Bertz CT molecular complexity index is 492. The fourth-order valence-corrected chi connectivity index (χ4v) is 2.16. The van der Waals surface area contributed by atoms with Crippen molar-refractivity contribution >= 4 is 15.9 Å². The van der Waals surface area contributed by atoms with Crippen LogP contribution in [0, 0.1) is 5.92 Å². The van der Waals surface area contributed by atoms with E-state index in [2.05, 4.69) is 58.4 Å². The predicted octanol–water partition coefficient (Wildman–Crippen LogP) is 3.38. The molecule has 4 heteroatoms. The Morgan fingerprint density at radius 3 is 2.89 bits per heavy atom. The lowest BCUT2D eigenvalue weighted by molar-refractivity contribution is 0.551. The van der Waals surface area contributed by atoms with E-state index in [0.29, 0.717) is 5.92 Å². The van der Waals surface area contributed by atoms with Crippen molar-refractivity contribution in [1.82, 2.24) is 15.1 Å². The van der Waals surface area contributed by atoms with E-state index in [-0.39, 0.29) is 0 Å². The summed E-state index contributed by atoms with van der Waals surface area (Å²) < 4.78 is 2.97. The quantitative estimate of drug-likeness (QED) is 0.917. The monoisotopic (exact) mass is 307 g/mol. The minimum Gasteiger partial charge on any atom is -0.312 e. The van der Waals surface area contributed by atoms with Crippen molar-refractivity contribution in [2.45, 2.75) is 20.4 Å². The molecule has 0 fully saturated rings. The number of hydrogen-bond acceptors (Lipinski definition) is 2. The summed E-state index contributed by atoms with van der Waals surface area (Å²) in [6.07, 6.45) is 3.76. The van der Waals surface area contributed by atoms with Gasteiger partial charge in [-0.1, -0.05) is 35.8 Å². The first-order valence-electron chi connectivity index (χ1n) is 6.16. The second-order valence-corrected chi connectivity index (χ2v) is 5.66. The molecule has 0 aliphatic carbocycles. The van der Waals surface area contributed by atoms with Gasteiger partial charge in [0.05, 0.1) is 5.69 Å². The third-order valence-electron chi connectivity index (χ3n) is 2.67. The van der Waals surface area contributed by atoms with Crippen LogP contribution in [0.15, 0.2) is 41.1 Å². The Kier molecular flexibility index (Phi) is 4.55. The van der Waals surface area contributed by atoms with Gasteiger partial charge in [-0.3, -0.25) is 0 Å². The second-order valence-electron chi connectivity index (χ2n) is 4.75. The zero-order valence-electron chi connectivity index (χ0n) is 10.7. The Hall–Kier alpha value is -1.13. The molecule has 1 heterocycles. The molecule has 0 saturated carbocycles. The number of nitrogens with zero attached hydrogens (tertiary/aromatic N) is 2. The number of hydrogen-bond donors (Lipinski definition) is 1. The molecule has 1 N–H and O–H groups in total. The summed E-state index contributed by atoms with van der Waals surface area (Å²) in [6.45, 7) is 6.31. The summed E-state index contributed by atoms with van der Waals surface area (Å²) in [5.74, 6) is 0.661. The van der Waals surface area contributed by atoms with Crippen LogP contribution < -0.4 is 5.32 Å². The van der Waals surface area contributed by atoms with Gasteiger partial charge >= 0.3 is 0 Å². The normalized spacial score (nSPS) is 11.1. The minimum atomic E-state index is 0.661. The van der Waals surface area contributed by atoms with Crippen LogP contribution >= 0.6 is 15.9 Å². The van der Waals surface area contributed by atoms with Crippen LogP contribution in [-0.2, 0) is 6.54 Å². The molecule has 2 rings (SSSR count). The van der Waals surface area contributed by atoms with E-state index < -0.39 is 0 Å². The van der Waals surface area contributed by atoms with Crippen molar-refractivity contribution in [3.63, 3.8) is 0 Å². The van der Waals surface area contributed by atoms with Crippen molar-refractivity contribution < 1.29 is 0 Å². The van der Waals surface area contributed by atoms with E-state index in [4.69, 9.17) is 0 Å². The average molecular weight is 308 g/mol. The maximum atomic E-state index is 4.30. The predicted molar refractivity (Wildman–Crippen MR) is 77.8 cm³/mol. The summed E-state index contributed by atoms with van der Waals surface area (Å²) in [7, 11) is 0. The molecule has 0 atom stereocenters. The minimum absolute atomic E-state index is 0.661. The lowest BCUT2D eigenvalue weighted by Crippen LogP contribution is -2.20. The van der Waals surface area contributed by atoms with Gasteiger partial charge in [0.25, 0.3) is 0 Å². The largest absolute Gasteiger partial charge is 0.312 e. The zero-order valence-corrected chi connectivity index (χ0v) is 12.3. The molecule has 0 aliphatic rings. The van der Waals surface area contributed by atoms with Crippen LogP contribution in [0.1, 0.15) is 19.4 Å². The van der Waals surface area contributed by atoms with Gasteiger partial charge < -0.3 is 5.32 Å². The van der Waals surface area contributed by atoms with Crippen LogP contribution in [-0.4, -0.2) is 16.3 Å². The molecule has 0 radical (unpaired) electrons. The molecule has 0 aliphatic heterocycles. The molecular formula is C14H18BrN3. The summed E-state index contributed by atoms with van der Waals surface area (Å²) in [5, 5.41) is 7.77. The summed E-state index contributed by atoms with van der Waals surface area (Å²) in [5.41, 5.74) is 2.37. The highest BCUT2D eigenvalue weighted by Crippen LogP contribution is 2.20. The van der Waals surface area contributed by atoms with Gasteiger partial charge in [-0.05, 0) is 36.2 Å². The number of halogens is 1. The molecule has 18 heavy (non-hydrogen) atoms. The fraction of sp³-hybridized carbons (Fsp3) is 0.357. The van der Waals surface area contributed by atoms with Gasteiger partial charge in [-0.2, -0.15) is 5.10 Å². The summed E-state index contributed by atoms with van der Waals surface area (Å²) >= 11 is 3.51. The van der Waals surface area contributed by atoms with Gasteiger partial charge in [0.1, 0.15) is 0 Å². The zero-order chi connectivity index (χ0) is 13.0. The first kappa shape index (κ1) is 13.3. The van der Waals surface area contributed by atoms with Crippen molar-refractivity contribution in [3.8, 4) is 5.69 Å². The molecular weight excluding hydrogens is 290 g/mol. The standard InChI is InChI=1S/C14H18BrN3/c1-11(2)9-16-10-12-4-5-13(15)8-14(12)18-7-3-6-17-18/h3-8,11,16H,9-10H2,1-2H3. The highest BCUT2D eigenvalue weighted by Gasteiger charge is 2.06. The highest BCUT2D eigenvalue weighted by molar-refractivity contribution is 9.10.